The maximum atomic E-state index is 12.1. The molecule has 2 N–H and O–H groups in total. The Morgan fingerprint density at radius 3 is 2.62 bits per heavy atom. The fraction of sp³-hybridized carbons (Fsp3) is 0.625. The van der Waals surface area contributed by atoms with E-state index in [1.165, 1.54) is 24.2 Å². The molecular formula is C16H26N4O5S. The second kappa shape index (κ2) is 10.0. The van der Waals surface area contributed by atoms with Crippen LogP contribution in [0.1, 0.15) is 27.2 Å². The van der Waals surface area contributed by atoms with Crippen molar-refractivity contribution < 1.29 is 23.9 Å². The fourth-order valence-corrected chi connectivity index (χ4v) is 2.26. The summed E-state index contributed by atoms with van der Waals surface area (Å²) in [6.45, 7) is 5.21. The molecule has 10 heteroatoms. The number of esters is 2. The Bertz CT molecular complexity index is 626. The molecule has 0 unspecified atom stereocenters. The van der Waals surface area contributed by atoms with Crippen LogP contribution >= 0.6 is 11.8 Å². The maximum absolute atomic E-state index is 12.1. The number of thioether (sulfide) groups is 1. The van der Waals surface area contributed by atoms with Crippen LogP contribution in [0.15, 0.2) is 12.4 Å². The lowest BCUT2D eigenvalue weighted by Crippen LogP contribution is -2.43. The van der Waals surface area contributed by atoms with Crippen molar-refractivity contribution in [2.45, 2.75) is 40.0 Å². The average Bonchev–Trinajstić information content (AvgIpc) is 3.01. The summed E-state index contributed by atoms with van der Waals surface area (Å²) in [5.41, 5.74) is -0.198. The lowest BCUT2D eigenvalue weighted by atomic mass is 9.98. The fourth-order valence-electron chi connectivity index (χ4n) is 1.79. The zero-order valence-corrected chi connectivity index (χ0v) is 16.5. The summed E-state index contributed by atoms with van der Waals surface area (Å²) in [6, 6.07) is -1.28. The summed E-state index contributed by atoms with van der Waals surface area (Å²) < 4.78 is 11.2. The third-order valence-electron chi connectivity index (χ3n) is 3.23. The van der Waals surface area contributed by atoms with E-state index < -0.39 is 23.5 Å². The summed E-state index contributed by atoms with van der Waals surface area (Å²) in [7, 11) is 1.27. The molecule has 2 amide bonds. The quantitative estimate of drug-likeness (QED) is 0.656. The van der Waals surface area contributed by atoms with Gasteiger partial charge >= 0.3 is 18.0 Å². The number of anilines is 1. The summed E-state index contributed by atoms with van der Waals surface area (Å²) in [5, 5.41) is 9.15. The molecule has 0 aliphatic carbocycles. The van der Waals surface area contributed by atoms with Gasteiger partial charge in [0.2, 0.25) is 0 Å². The van der Waals surface area contributed by atoms with Gasteiger partial charge in [-0.1, -0.05) is 0 Å². The van der Waals surface area contributed by atoms with Gasteiger partial charge in [0, 0.05) is 0 Å². The first-order valence-corrected chi connectivity index (χ1v) is 9.40. The Balaban J connectivity index is 2.55. The van der Waals surface area contributed by atoms with Crippen LogP contribution in [0.25, 0.3) is 0 Å². The third kappa shape index (κ3) is 7.34. The van der Waals surface area contributed by atoms with Crippen LogP contribution < -0.4 is 10.6 Å². The first-order chi connectivity index (χ1) is 12.2. The molecule has 1 aromatic rings. The number of amides is 2. The first-order valence-electron chi connectivity index (χ1n) is 8.01. The Kier molecular flexibility index (Phi) is 8.43. The molecule has 0 saturated heterocycles. The van der Waals surface area contributed by atoms with Gasteiger partial charge in [-0.15, -0.1) is 0 Å². The van der Waals surface area contributed by atoms with E-state index in [2.05, 4.69) is 15.7 Å². The molecule has 0 saturated carbocycles. The number of hydrogen-bond acceptors (Lipinski definition) is 7. The molecular weight excluding hydrogens is 360 g/mol. The van der Waals surface area contributed by atoms with Gasteiger partial charge in [-0.05, 0) is 39.2 Å². The highest BCUT2D eigenvalue weighted by Crippen LogP contribution is 2.15. The van der Waals surface area contributed by atoms with E-state index in [1.54, 1.807) is 32.5 Å². The van der Waals surface area contributed by atoms with Gasteiger partial charge in [0.05, 0.1) is 30.6 Å². The van der Waals surface area contributed by atoms with Crippen LogP contribution in [-0.4, -0.2) is 52.9 Å². The van der Waals surface area contributed by atoms with Crippen LogP contribution in [0.2, 0.25) is 0 Å². The Morgan fingerprint density at radius 2 is 2.04 bits per heavy atom. The topological polar surface area (TPSA) is 112 Å². The standard InChI is InChI=1S/C16H26N4O5S/c1-16(2,3)14(22)25-10-20-9-11(8-17-20)18-15(23)19-12(6-7-26-5)13(21)24-4/h8-9,12H,6-7,10H2,1-5H3,(H2,18,19,23)/t12-/m0/s1. The molecule has 1 aromatic heterocycles. The van der Waals surface area contributed by atoms with Crippen molar-refractivity contribution in [1.82, 2.24) is 15.1 Å². The van der Waals surface area contributed by atoms with Crippen LogP contribution in [0.4, 0.5) is 10.5 Å². The van der Waals surface area contributed by atoms with Gasteiger partial charge in [-0.25, -0.2) is 14.3 Å². The molecule has 146 valence electrons. The SMILES string of the molecule is COC(=O)[C@H](CCSC)NC(=O)Nc1cnn(COC(=O)C(C)(C)C)c1. The zero-order chi connectivity index (χ0) is 19.7. The van der Waals surface area contributed by atoms with Crippen LogP contribution in [-0.2, 0) is 25.8 Å². The van der Waals surface area contributed by atoms with Crippen molar-refractivity contribution in [3.8, 4) is 0 Å². The second-order valence-electron chi connectivity index (χ2n) is 6.54. The van der Waals surface area contributed by atoms with Crippen molar-refractivity contribution in [3.63, 3.8) is 0 Å². The van der Waals surface area contributed by atoms with E-state index in [0.717, 1.165) is 0 Å². The molecule has 1 atom stereocenters. The van der Waals surface area contributed by atoms with Crippen LogP contribution in [0, 0.1) is 5.41 Å². The number of aromatic nitrogens is 2. The molecule has 0 bridgehead atoms. The molecule has 0 radical (unpaired) electrons. The maximum Gasteiger partial charge on any atom is 0.328 e. The number of nitrogens with one attached hydrogen (secondary N) is 2. The molecule has 0 aliphatic heterocycles. The lowest BCUT2D eigenvalue weighted by molar-refractivity contribution is -0.157. The van der Waals surface area contributed by atoms with E-state index in [1.807, 2.05) is 6.26 Å². The molecule has 0 aromatic carbocycles. The van der Waals surface area contributed by atoms with Gasteiger partial charge in [-0.2, -0.15) is 16.9 Å². The minimum Gasteiger partial charge on any atom is -0.467 e. The average molecular weight is 386 g/mol. The minimum absolute atomic E-state index is 0.0576. The smallest absolute Gasteiger partial charge is 0.328 e. The molecule has 9 nitrogen and oxygen atoms in total. The van der Waals surface area contributed by atoms with Gasteiger partial charge < -0.3 is 20.1 Å². The summed E-state index contributed by atoms with van der Waals surface area (Å²) in [4.78, 5) is 35.5. The van der Waals surface area contributed by atoms with Crippen molar-refractivity contribution in [1.29, 1.82) is 0 Å². The van der Waals surface area contributed by atoms with Crippen molar-refractivity contribution >= 4 is 35.4 Å². The number of nitrogens with zero attached hydrogens (tertiary/aromatic N) is 2. The number of methoxy groups -OCH3 is 1. The number of ether oxygens (including phenoxy) is 2. The molecule has 0 fully saturated rings. The highest BCUT2D eigenvalue weighted by Gasteiger charge is 2.23. The molecule has 0 aliphatic rings. The second-order valence-corrected chi connectivity index (χ2v) is 7.52. The highest BCUT2D eigenvalue weighted by atomic mass is 32.2. The van der Waals surface area contributed by atoms with Crippen molar-refractivity contribution in [3.05, 3.63) is 12.4 Å². The summed E-state index contributed by atoms with van der Waals surface area (Å²) in [6.07, 6.45) is 5.31. The van der Waals surface area contributed by atoms with Crippen LogP contribution in [0.3, 0.4) is 0 Å². The van der Waals surface area contributed by atoms with E-state index in [-0.39, 0.29) is 12.7 Å². The number of hydrogen-bond donors (Lipinski definition) is 2. The highest BCUT2D eigenvalue weighted by molar-refractivity contribution is 7.98. The number of rotatable bonds is 8. The number of urea groups is 1. The minimum atomic E-state index is -0.727. The van der Waals surface area contributed by atoms with Gasteiger partial charge in [0.15, 0.2) is 6.73 Å². The van der Waals surface area contributed by atoms with Crippen molar-refractivity contribution in [2.24, 2.45) is 5.41 Å². The normalized spacial score (nSPS) is 12.2. The van der Waals surface area contributed by atoms with E-state index in [4.69, 9.17) is 9.47 Å². The summed E-state index contributed by atoms with van der Waals surface area (Å²) in [5.74, 6) is -0.147. The predicted octanol–water partition coefficient (Wildman–Crippen LogP) is 1.85. The largest absolute Gasteiger partial charge is 0.467 e. The Morgan fingerprint density at radius 1 is 1.35 bits per heavy atom. The van der Waals surface area contributed by atoms with Crippen LogP contribution in [0.5, 0.6) is 0 Å². The third-order valence-corrected chi connectivity index (χ3v) is 3.88. The lowest BCUT2D eigenvalue weighted by Gasteiger charge is -2.16. The Hall–Kier alpha value is -2.23. The van der Waals surface area contributed by atoms with Gasteiger partial charge in [0.25, 0.3) is 0 Å². The van der Waals surface area contributed by atoms with Gasteiger partial charge in [0.1, 0.15) is 6.04 Å². The predicted molar refractivity (Wildman–Crippen MR) is 98.7 cm³/mol. The summed E-state index contributed by atoms with van der Waals surface area (Å²) >= 11 is 1.57. The Labute approximate surface area is 157 Å². The molecule has 26 heavy (non-hydrogen) atoms. The number of carbonyl (C=O) groups is 3. The monoisotopic (exact) mass is 386 g/mol. The molecule has 0 spiro atoms. The van der Waals surface area contributed by atoms with Gasteiger partial charge in [-0.3, -0.25) is 4.79 Å². The van der Waals surface area contributed by atoms with Crippen molar-refractivity contribution in [2.75, 3.05) is 24.4 Å². The molecule has 1 heterocycles. The van der Waals surface area contributed by atoms with E-state index in [0.29, 0.717) is 17.9 Å². The molecule has 1 rings (SSSR count). The zero-order valence-electron chi connectivity index (χ0n) is 15.7. The van der Waals surface area contributed by atoms with E-state index in [9.17, 15) is 14.4 Å². The van der Waals surface area contributed by atoms with E-state index >= 15 is 0 Å². The first kappa shape index (κ1) is 21.8. The number of carbonyl (C=O) groups excluding carboxylic acids is 3.